The van der Waals surface area contributed by atoms with Gasteiger partial charge in [0.2, 0.25) is 0 Å². The van der Waals surface area contributed by atoms with Crippen molar-refractivity contribution in [3.8, 4) is 5.75 Å². The van der Waals surface area contributed by atoms with Gasteiger partial charge in [-0.3, -0.25) is 4.79 Å². The fourth-order valence-corrected chi connectivity index (χ4v) is 5.72. The van der Waals surface area contributed by atoms with Crippen LogP contribution in [0.3, 0.4) is 0 Å². The van der Waals surface area contributed by atoms with Crippen LogP contribution in [0.2, 0.25) is 0 Å². The van der Waals surface area contributed by atoms with Crippen molar-refractivity contribution in [3.05, 3.63) is 47.3 Å². The maximum Gasteiger partial charge on any atom is 0.308 e. The van der Waals surface area contributed by atoms with Crippen LogP contribution in [-0.2, 0) is 21.2 Å². The monoisotopic (exact) mass is 381 g/mol. The van der Waals surface area contributed by atoms with Gasteiger partial charge in [0, 0.05) is 18.0 Å². The van der Waals surface area contributed by atoms with Gasteiger partial charge in [0.15, 0.2) is 0 Å². The zero-order chi connectivity index (χ0) is 17.9. The van der Waals surface area contributed by atoms with Crippen molar-refractivity contribution in [1.29, 1.82) is 0 Å². The lowest BCUT2D eigenvalue weighted by Crippen LogP contribution is -2.41. The summed E-state index contributed by atoms with van der Waals surface area (Å²) in [6, 6.07) is 12.6. The number of piperidine rings is 1. The predicted octanol–water partition coefficient (Wildman–Crippen LogP) is 2.61. The molecular formula is C17H19NO5S2. The number of thiophene rings is 1. The van der Waals surface area contributed by atoms with Gasteiger partial charge in [-0.15, -0.1) is 11.3 Å². The van der Waals surface area contributed by atoms with E-state index in [4.69, 9.17) is 9.84 Å². The summed E-state index contributed by atoms with van der Waals surface area (Å²) >= 11 is 1.02. The van der Waals surface area contributed by atoms with Gasteiger partial charge in [0.05, 0.1) is 6.42 Å². The van der Waals surface area contributed by atoms with Gasteiger partial charge in [0.1, 0.15) is 16.1 Å². The van der Waals surface area contributed by atoms with E-state index >= 15 is 0 Å². The maximum atomic E-state index is 12.7. The number of benzene rings is 1. The molecular weight excluding hydrogens is 362 g/mol. The Bertz CT molecular complexity index is 824. The van der Waals surface area contributed by atoms with Gasteiger partial charge in [-0.05, 0) is 37.1 Å². The molecule has 6 nitrogen and oxygen atoms in total. The van der Waals surface area contributed by atoms with Crippen molar-refractivity contribution in [2.24, 2.45) is 0 Å². The zero-order valence-corrected chi connectivity index (χ0v) is 15.1. The van der Waals surface area contributed by atoms with Crippen molar-refractivity contribution in [1.82, 2.24) is 4.31 Å². The van der Waals surface area contributed by atoms with Crippen molar-refractivity contribution in [2.45, 2.75) is 29.6 Å². The highest BCUT2D eigenvalue weighted by Crippen LogP contribution is 2.28. The normalized spacial score (nSPS) is 16.6. The van der Waals surface area contributed by atoms with E-state index in [-0.39, 0.29) is 16.7 Å². The molecule has 1 N–H and O–H groups in total. The molecule has 0 radical (unpaired) electrons. The summed E-state index contributed by atoms with van der Waals surface area (Å²) in [6.45, 7) is 0.790. The third-order valence-corrected chi connectivity index (χ3v) is 7.45. The molecule has 1 aliphatic rings. The molecule has 1 aliphatic heterocycles. The third kappa shape index (κ3) is 4.39. The molecule has 1 saturated heterocycles. The molecule has 1 fully saturated rings. The topological polar surface area (TPSA) is 83.9 Å². The van der Waals surface area contributed by atoms with Gasteiger partial charge < -0.3 is 9.84 Å². The Kier molecular flexibility index (Phi) is 5.41. The van der Waals surface area contributed by atoms with E-state index in [1.165, 1.54) is 10.4 Å². The lowest BCUT2D eigenvalue weighted by molar-refractivity contribution is -0.136. The Labute approximate surface area is 150 Å². The highest BCUT2D eigenvalue weighted by atomic mass is 32.2. The van der Waals surface area contributed by atoms with E-state index in [2.05, 4.69) is 0 Å². The summed E-state index contributed by atoms with van der Waals surface area (Å²) < 4.78 is 32.9. The van der Waals surface area contributed by atoms with Crippen molar-refractivity contribution >= 4 is 27.3 Å². The first-order valence-electron chi connectivity index (χ1n) is 7.97. The number of aliphatic carboxylic acids is 1. The molecule has 0 atom stereocenters. The van der Waals surface area contributed by atoms with Crippen LogP contribution < -0.4 is 4.74 Å². The van der Waals surface area contributed by atoms with Crippen LogP contribution in [0.4, 0.5) is 0 Å². The van der Waals surface area contributed by atoms with Crippen LogP contribution in [0.25, 0.3) is 0 Å². The van der Waals surface area contributed by atoms with Crippen molar-refractivity contribution in [3.63, 3.8) is 0 Å². The van der Waals surface area contributed by atoms with Crippen LogP contribution in [-0.4, -0.2) is 43.0 Å². The van der Waals surface area contributed by atoms with E-state index in [0.717, 1.165) is 17.1 Å². The van der Waals surface area contributed by atoms with Gasteiger partial charge in [-0.2, -0.15) is 4.31 Å². The fraction of sp³-hybridized carbons (Fsp3) is 0.353. The van der Waals surface area contributed by atoms with Crippen molar-refractivity contribution in [2.75, 3.05) is 13.1 Å². The van der Waals surface area contributed by atoms with E-state index in [1.54, 1.807) is 6.07 Å². The molecule has 0 unspecified atom stereocenters. The van der Waals surface area contributed by atoms with E-state index in [0.29, 0.717) is 30.8 Å². The Hall–Kier alpha value is -1.90. The third-order valence-electron chi connectivity index (χ3n) is 4.00. The molecule has 0 spiro atoms. The number of hydrogen-bond donors (Lipinski definition) is 1. The zero-order valence-electron chi connectivity index (χ0n) is 13.5. The van der Waals surface area contributed by atoms with E-state index in [1.807, 2.05) is 30.3 Å². The molecule has 134 valence electrons. The lowest BCUT2D eigenvalue weighted by atomic mass is 10.1. The number of sulfonamides is 1. The van der Waals surface area contributed by atoms with Gasteiger partial charge in [-0.25, -0.2) is 8.42 Å². The fourth-order valence-electron chi connectivity index (χ4n) is 2.75. The molecule has 1 aromatic heterocycles. The second-order valence-corrected chi connectivity index (χ2v) is 9.16. The number of rotatable bonds is 6. The minimum atomic E-state index is -3.57. The van der Waals surface area contributed by atoms with Crippen molar-refractivity contribution < 1.29 is 23.1 Å². The van der Waals surface area contributed by atoms with Gasteiger partial charge in [0.25, 0.3) is 10.0 Å². The molecule has 0 amide bonds. The van der Waals surface area contributed by atoms with E-state index in [9.17, 15) is 13.2 Å². The molecule has 2 heterocycles. The Morgan fingerprint density at radius 2 is 1.84 bits per heavy atom. The molecule has 0 saturated carbocycles. The minimum absolute atomic E-state index is 0.000225. The SMILES string of the molecule is O=C(O)Cc1ccc(S(=O)(=O)N2CCC(Oc3ccccc3)CC2)s1. The Morgan fingerprint density at radius 3 is 2.48 bits per heavy atom. The quantitative estimate of drug-likeness (QED) is 0.831. The average Bonchev–Trinajstić information content (AvgIpc) is 3.05. The van der Waals surface area contributed by atoms with Crippen LogP contribution in [0, 0.1) is 0 Å². The number of hydrogen-bond acceptors (Lipinski definition) is 5. The van der Waals surface area contributed by atoms with Crippen LogP contribution >= 0.6 is 11.3 Å². The van der Waals surface area contributed by atoms with Crippen LogP contribution in [0.5, 0.6) is 5.75 Å². The van der Waals surface area contributed by atoms with Crippen LogP contribution in [0.1, 0.15) is 17.7 Å². The highest BCUT2D eigenvalue weighted by Gasteiger charge is 2.31. The molecule has 1 aromatic carbocycles. The molecule has 0 aliphatic carbocycles. The molecule has 0 bridgehead atoms. The number of carboxylic acid groups (broad SMARTS) is 1. The first kappa shape index (κ1) is 17.9. The summed E-state index contributed by atoms with van der Waals surface area (Å²) in [6.07, 6.45) is 1.09. The number of ether oxygens (including phenoxy) is 1. The van der Waals surface area contributed by atoms with Gasteiger partial charge >= 0.3 is 5.97 Å². The first-order chi connectivity index (χ1) is 11.9. The largest absolute Gasteiger partial charge is 0.490 e. The highest BCUT2D eigenvalue weighted by molar-refractivity contribution is 7.91. The Morgan fingerprint density at radius 1 is 1.16 bits per heavy atom. The summed E-state index contributed by atoms with van der Waals surface area (Å²) in [7, 11) is -3.57. The smallest absolute Gasteiger partial charge is 0.308 e. The summed E-state index contributed by atoms with van der Waals surface area (Å²) in [5.74, 6) is -0.176. The number of carbonyl (C=O) groups is 1. The molecule has 2 aromatic rings. The number of nitrogens with zero attached hydrogens (tertiary/aromatic N) is 1. The van der Waals surface area contributed by atoms with Gasteiger partial charge in [-0.1, -0.05) is 18.2 Å². The molecule has 3 rings (SSSR count). The molecule has 25 heavy (non-hydrogen) atoms. The lowest BCUT2D eigenvalue weighted by Gasteiger charge is -2.31. The first-order valence-corrected chi connectivity index (χ1v) is 10.2. The molecule has 8 heteroatoms. The number of carboxylic acids is 1. The average molecular weight is 381 g/mol. The second kappa shape index (κ2) is 7.55. The van der Waals surface area contributed by atoms with E-state index < -0.39 is 16.0 Å². The predicted molar refractivity (Wildman–Crippen MR) is 94.5 cm³/mol. The standard InChI is InChI=1S/C17H19NO5S2/c19-16(20)12-15-6-7-17(24-15)25(21,22)18-10-8-14(9-11-18)23-13-4-2-1-3-5-13/h1-7,14H,8-12H2,(H,19,20). The summed E-state index contributed by atoms with van der Waals surface area (Å²) in [4.78, 5) is 11.3. The summed E-state index contributed by atoms with van der Waals surface area (Å²) in [5, 5.41) is 8.81. The number of para-hydroxylation sites is 1. The maximum absolute atomic E-state index is 12.7. The minimum Gasteiger partial charge on any atom is -0.490 e. The Balaban J connectivity index is 1.61. The summed E-state index contributed by atoms with van der Waals surface area (Å²) in [5.41, 5.74) is 0. The second-order valence-electron chi connectivity index (χ2n) is 5.83. The van der Waals surface area contributed by atoms with Crippen LogP contribution in [0.15, 0.2) is 46.7 Å².